The summed E-state index contributed by atoms with van der Waals surface area (Å²) in [5.74, 6) is 1.15. The molecule has 1 aliphatic rings. The fourth-order valence-corrected chi connectivity index (χ4v) is 4.08. The first kappa shape index (κ1) is 19.0. The van der Waals surface area contributed by atoms with Crippen LogP contribution in [0, 0.1) is 12.7 Å². The van der Waals surface area contributed by atoms with E-state index in [1.807, 2.05) is 24.6 Å². The highest BCUT2D eigenvalue weighted by molar-refractivity contribution is 6.31. The van der Waals surface area contributed by atoms with Crippen LogP contribution in [-0.2, 0) is 7.05 Å². The summed E-state index contributed by atoms with van der Waals surface area (Å²) in [4.78, 5) is 11.4. The zero-order valence-electron chi connectivity index (χ0n) is 16.4. The molecule has 1 N–H and O–H groups in total. The number of aryl methyl sites for hydroxylation is 2. The molecule has 1 fully saturated rings. The van der Waals surface area contributed by atoms with Gasteiger partial charge in [0.2, 0.25) is 0 Å². The van der Waals surface area contributed by atoms with Gasteiger partial charge in [-0.15, -0.1) is 0 Å². The van der Waals surface area contributed by atoms with Crippen LogP contribution in [0.25, 0.3) is 22.6 Å². The second kappa shape index (κ2) is 7.22. The first-order chi connectivity index (χ1) is 13.4. The third kappa shape index (κ3) is 3.29. The monoisotopic (exact) mass is 403 g/mol. The zero-order chi connectivity index (χ0) is 20.0. The van der Waals surface area contributed by atoms with Gasteiger partial charge in [0, 0.05) is 30.7 Å². The van der Waals surface area contributed by atoms with Gasteiger partial charge in [-0.25, -0.2) is 14.4 Å². The highest BCUT2D eigenvalue weighted by atomic mass is 35.5. The number of ether oxygens (including phenoxy) is 1. The Morgan fingerprint density at radius 2 is 2.04 bits per heavy atom. The summed E-state index contributed by atoms with van der Waals surface area (Å²) in [5.41, 5.74) is 2.86. The lowest BCUT2D eigenvalue weighted by atomic mass is 10.1. The third-order valence-corrected chi connectivity index (χ3v) is 5.49. The van der Waals surface area contributed by atoms with Crippen LogP contribution in [0.5, 0.6) is 5.75 Å². The Morgan fingerprint density at radius 3 is 2.71 bits per heavy atom. The van der Waals surface area contributed by atoms with Gasteiger partial charge in [-0.2, -0.15) is 0 Å². The lowest BCUT2D eigenvalue weighted by Gasteiger charge is -2.14. The van der Waals surface area contributed by atoms with Crippen LogP contribution in [0.15, 0.2) is 18.2 Å². The molecule has 0 aliphatic carbocycles. The summed E-state index contributed by atoms with van der Waals surface area (Å²) in [6.07, 6.45) is 0.963. The first-order valence-corrected chi connectivity index (χ1v) is 9.57. The van der Waals surface area contributed by atoms with E-state index in [0.29, 0.717) is 27.8 Å². The Labute approximate surface area is 168 Å². The van der Waals surface area contributed by atoms with Gasteiger partial charge in [0.25, 0.3) is 0 Å². The van der Waals surface area contributed by atoms with Gasteiger partial charge in [-0.1, -0.05) is 11.6 Å². The van der Waals surface area contributed by atoms with E-state index in [-0.39, 0.29) is 17.7 Å². The number of benzene rings is 1. The molecule has 0 saturated carbocycles. The predicted octanol–water partition coefficient (Wildman–Crippen LogP) is 3.86. The van der Waals surface area contributed by atoms with E-state index in [0.717, 1.165) is 30.6 Å². The number of nitrogens with one attached hydrogen (secondary N) is 1. The second-order valence-electron chi connectivity index (χ2n) is 7.35. The normalized spacial score (nSPS) is 17.4. The molecule has 148 valence electrons. The van der Waals surface area contributed by atoms with Gasteiger partial charge in [0.1, 0.15) is 11.6 Å². The van der Waals surface area contributed by atoms with Crippen molar-refractivity contribution in [3.05, 3.63) is 34.6 Å². The molecule has 0 unspecified atom stereocenters. The maximum absolute atomic E-state index is 14.7. The number of pyridine rings is 1. The van der Waals surface area contributed by atoms with Crippen molar-refractivity contribution in [1.82, 2.24) is 19.4 Å². The molecule has 1 saturated heterocycles. The van der Waals surface area contributed by atoms with Crippen molar-refractivity contribution >= 4 is 28.6 Å². The van der Waals surface area contributed by atoms with E-state index in [1.54, 1.807) is 13.2 Å². The smallest absolute Gasteiger partial charge is 0.180 e. The van der Waals surface area contributed by atoms with Crippen molar-refractivity contribution in [2.45, 2.75) is 19.4 Å². The summed E-state index contributed by atoms with van der Waals surface area (Å²) in [5, 5.41) is 3.81. The third-order valence-electron chi connectivity index (χ3n) is 5.27. The number of aromatic nitrogens is 3. The van der Waals surface area contributed by atoms with Crippen LogP contribution < -0.4 is 10.1 Å². The minimum Gasteiger partial charge on any atom is -0.496 e. The van der Waals surface area contributed by atoms with Gasteiger partial charge in [-0.3, -0.25) is 0 Å². The molecule has 1 aliphatic heterocycles. The van der Waals surface area contributed by atoms with Gasteiger partial charge in [0.15, 0.2) is 17.3 Å². The Kier molecular flexibility index (Phi) is 4.89. The highest BCUT2D eigenvalue weighted by Gasteiger charge is 2.23. The minimum atomic E-state index is -0.378. The van der Waals surface area contributed by atoms with Crippen molar-refractivity contribution in [1.29, 1.82) is 0 Å². The van der Waals surface area contributed by atoms with Crippen molar-refractivity contribution < 1.29 is 9.13 Å². The van der Waals surface area contributed by atoms with Crippen molar-refractivity contribution in [3.8, 4) is 17.1 Å². The summed E-state index contributed by atoms with van der Waals surface area (Å²) >= 11 is 6.16. The van der Waals surface area contributed by atoms with Gasteiger partial charge < -0.3 is 19.5 Å². The average Bonchev–Trinajstić information content (AvgIpc) is 3.18. The lowest BCUT2D eigenvalue weighted by Crippen LogP contribution is -2.24. The summed E-state index contributed by atoms with van der Waals surface area (Å²) in [6.45, 7) is 3.80. The summed E-state index contributed by atoms with van der Waals surface area (Å²) in [6, 6.07) is 5.28. The molecule has 1 atom stereocenters. The van der Waals surface area contributed by atoms with Crippen LogP contribution in [0.4, 0.5) is 10.2 Å². The fraction of sp³-hybridized carbons (Fsp3) is 0.400. The number of likely N-dealkylation sites (tertiary alicyclic amines) is 1. The first-order valence-electron chi connectivity index (χ1n) is 9.20. The standard InChI is InChI=1S/C20H23ClFN5O/c1-11-7-12(21)8-16(28-4)17(11)20-25-19-15(27(20)3)9-14(22)18(24-19)23-13-5-6-26(2)10-13/h7-9,13H,5-6,10H2,1-4H3,(H,23,24)/t13-/m1/s1. The number of imidazole rings is 1. The number of halogens is 2. The second-order valence-corrected chi connectivity index (χ2v) is 7.78. The molecule has 1 aromatic carbocycles. The van der Waals surface area contributed by atoms with E-state index in [4.69, 9.17) is 16.3 Å². The average molecular weight is 404 g/mol. The van der Waals surface area contributed by atoms with Crippen molar-refractivity contribution in [2.24, 2.45) is 7.05 Å². The number of methoxy groups -OCH3 is 1. The number of nitrogens with zero attached hydrogens (tertiary/aromatic N) is 4. The molecule has 8 heteroatoms. The molecule has 0 amide bonds. The molecule has 3 aromatic rings. The van der Waals surface area contributed by atoms with Crippen LogP contribution in [0.2, 0.25) is 5.02 Å². The molecule has 0 spiro atoms. The van der Waals surface area contributed by atoms with Gasteiger partial charge >= 0.3 is 0 Å². The zero-order valence-corrected chi connectivity index (χ0v) is 17.1. The quantitative estimate of drug-likeness (QED) is 0.716. The number of fused-ring (bicyclic) bond motifs is 1. The van der Waals surface area contributed by atoms with E-state index in [2.05, 4.69) is 27.2 Å². The minimum absolute atomic E-state index is 0.186. The maximum Gasteiger partial charge on any atom is 0.180 e. The maximum atomic E-state index is 14.7. The Morgan fingerprint density at radius 1 is 1.25 bits per heavy atom. The molecule has 28 heavy (non-hydrogen) atoms. The molecule has 4 rings (SSSR count). The summed E-state index contributed by atoms with van der Waals surface area (Å²) in [7, 11) is 5.50. The number of rotatable bonds is 4. The largest absolute Gasteiger partial charge is 0.496 e. The molecular formula is C20H23ClFN5O. The fourth-order valence-electron chi connectivity index (χ4n) is 3.82. The number of hydrogen-bond donors (Lipinski definition) is 1. The van der Waals surface area contributed by atoms with E-state index < -0.39 is 0 Å². The van der Waals surface area contributed by atoms with Crippen molar-refractivity contribution in [2.75, 3.05) is 32.6 Å². The Bertz CT molecular complexity index is 1050. The van der Waals surface area contributed by atoms with E-state index in [1.165, 1.54) is 6.07 Å². The predicted molar refractivity (Wildman–Crippen MR) is 110 cm³/mol. The van der Waals surface area contributed by atoms with Crippen LogP contribution in [0.1, 0.15) is 12.0 Å². The highest BCUT2D eigenvalue weighted by Crippen LogP contribution is 2.36. The number of likely N-dealkylation sites (N-methyl/N-ethyl adjacent to an activating group) is 1. The number of anilines is 1. The molecule has 3 heterocycles. The molecule has 2 aromatic heterocycles. The summed E-state index contributed by atoms with van der Waals surface area (Å²) < 4.78 is 22.1. The Hall–Kier alpha value is -2.38. The molecule has 0 bridgehead atoms. The van der Waals surface area contributed by atoms with E-state index in [9.17, 15) is 4.39 Å². The SMILES string of the molecule is COc1cc(Cl)cc(C)c1-c1nc2nc(N[C@@H]3CCN(C)C3)c(F)cc2n1C. The molecule has 6 nitrogen and oxygen atoms in total. The Balaban J connectivity index is 1.79. The van der Waals surface area contributed by atoms with E-state index >= 15 is 0 Å². The van der Waals surface area contributed by atoms with Gasteiger partial charge in [-0.05, 0) is 44.6 Å². The molecular weight excluding hydrogens is 381 g/mol. The topological polar surface area (TPSA) is 55.2 Å². The number of hydrogen-bond acceptors (Lipinski definition) is 5. The van der Waals surface area contributed by atoms with Crippen molar-refractivity contribution in [3.63, 3.8) is 0 Å². The van der Waals surface area contributed by atoms with Gasteiger partial charge in [0.05, 0.1) is 18.2 Å². The molecule has 0 radical (unpaired) electrons. The van der Waals surface area contributed by atoms with Crippen LogP contribution in [0.3, 0.4) is 0 Å². The van der Waals surface area contributed by atoms with Crippen LogP contribution in [-0.4, -0.2) is 52.7 Å². The lowest BCUT2D eigenvalue weighted by molar-refractivity contribution is 0.414. The van der Waals surface area contributed by atoms with Crippen LogP contribution >= 0.6 is 11.6 Å².